The summed E-state index contributed by atoms with van der Waals surface area (Å²) in [6.07, 6.45) is 15.1. The number of halogens is 2. The SMILES string of the molecule is CN(C(=O)c1ccccc1)C1CCC(N2CCC(N(C3CCCCC3)C3(C=O)CC3)CC2)C[C@H]1c1ccc(Cl)c(Cl)c1. The summed E-state index contributed by atoms with van der Waals surface area (Å²) in [6.45, 7) is 2.15. The molecule has 5 nitrogen and oxygen atoms in total. The molecule has 1 saturated heterocycles. The second-order valence-electron chi connectivity index (χ2n) is 13.3. The maximum atomic E-state index is 13.5. The first-order chi connectivity index (χ1) is 20.4. The summed E-state index contributed by atoms with van der Waals surface area (Å²) >= 11 is 12.8. The molecule has 3 saturated carbocycles. The summed E-state index contributed by atoms with van der Waals surface area (Å²) < 4.78 is 0. The molecule has 42 heavy (non-hydrogen) atoms. The average Bonchev–Trinajstić information content (AvgIpc) is 3.83. The predicted molar refractivity (Wildman–Crippen MR) is 171 cm³/mol. The highest BCUT2D eigenvalue weighted by Gasteiger charge is 2.53. The Morgan fingerprint density at radius 1 is 0.881 bits per heavy atom. The predicted octanol–water partition coefficient (Wildman–Crippen LogP) is 7.60. The van der Waals surface area contributed by atoms with E-state index in [4.69, 9.17) is 23.2 Å². The fraction of sp³-hybridized carbons (Fsp3) is 0.600. The number of hydrogen-bond donors (Lipinski definition) is 0. The molecule has 1 heterocycles. The number of aldehydes is 1. The lowest BCUT2D eigenvalue weighted by molar-refractivity contribution is -0.117. The van der Waals surface area contributed by atoms with Crippen molar-refractivity contribution in [2.45, 2.75) is 113 Å². The summed E-state index contributed by atoms with van der Waals surface area (Å²) in [5.41, 5.74) is 1.71. The van der Waals surface area contributed by atoms with Crippen LogP contribution in [0.5, 0.6) is 0 Å². The fourth-order valence-electron chi connectivity index (χ4n) is 8.44. The Kier molecular flexibility index (Phi) is 9.31. The van der Waals surface area contributed by atoms with Gasteiger partial charge in [0.15, 0.2) is 0 Å². The first kappa shape index (κ1) is 30.1. The van der Waals surface area contributed by atoms with Crippen molar-refractivity contribution in [3.8, 4) is 0 Å². The second kappa shape index (κ2) is 13.0. The van der Waals surface area contributed by atoms with Gasteiger partial charge in [0.2, 0.25) is 0 Å². The van der Waals surface area contributed by atoms with Crippen molar-refractivity contribution >= 4 is 35.4 Å². The van der Waals surface area contributed by atoms with Gasteiger partial charge in [0.25, 0.3) is 5.91 Å². The van der Waals surface area contributed by atoms with Crippen LogP contribution in [0.25, 0.3) is 0 Å². The lowest BCUT2D eigenvalue weighted by Crippen LogP contribution is -2.57. The molecule has 7 heteroatoms. The monoisotopic (exact) mass is 609 g/mol. The minimum atomic E-state index is -0.179. The molecule has 2 aromatic carbocycles. The molecule has 1 aliphatic heterocycles. The zero-order chi connectivity index (χ0) is 29.3. The number of carbonyl (C=O) groups is 2. The molecule has 6 rings (SSSR count). The molecule has 0 radical (unpaired) electrons. The summed E-state index contributed by atoms with van der Waals surface area (Å²) in [7, 11) is 1.96. The van der Waals surface area contributed by atoms with E-state index < -0.39 is 0 Å². The summed E-state index contributed by atoms with van der Waals surface area (Å²) in [5.74, 6) is 0.245. The maximum Gasteiger partial charge on any atom is 0.253 e. The number of likely N-dealkylation sites (tertiary alicyclic amines) is 1. The molecule has 226 valence electrons. The standard InChI is InChI=1S/C35H45Cl2N3O2/c1-38(34(42)25-8-4-2-5-9-25)33-15-13-29(23-30(33)26-12-14-31(36)32(37)22-26)39-20-16-28(17-21-39)40(35(24-41)18-19-35)27-10-6-3-7-11-27/h2,4-5,8-9,12,14,22,24,27-30,33H,3,6-7,10-11,13,15-21,23H2,1H3/t29?,30-,33?/m0/s1. The molecule has 0 spiro atoms. The second-order valence-corrected chi connectivity index (χ2v) is 14.1. The number of hydrogen-bond acceptors (Lipinski definition) is 4. The van der Waals surface area contributed by atoms with Crippen LogP contribution in [-0.2, 0) is 4.79 Å². The molecule has 3 aliphatic carbocycles. The molecule has 3 atom stereocenters. The molecule has 2 unspecified atom stereocenters. The van der Waals surface area contributed by atoms with Gasteiger partial charge in [-0.05, 0) is 101 Å². The van der Waals surface area contributed by atoms with Crippen LogP contribution in [0.15, 0.2) is 48.5 Å². The van der Waals surface area contributed by atoms with Gasteiger partial charge in [-0.25, -0.2) is 0 Å². The van der Waals surface area contributed by atoms with Gasteiger partial charge >= 0.3 is 0 Å². The fourth-order valence-corrected chi connectivity index (χ4v) is 8.75. The van der Waals surface area contributed by atoms with E-state index in [2.05, 4.69) is 15.9 Å². The van der Waals surface area contributed by atoms with Crippen LogP contribution >= 0.6 is 23.2 Å². The van der Waals surface area contributed by atoms with Crippen LogP contribution in [0.4, 0.5) is 0 Å². The van der Waals surface area contributed by atoms with Gasteiger partial charge in [-0.3, -0.25) is 9.69 Å². The average molecular weight is 611 g/mol. The molecule has 0 aromatic heterocycles. The van der Waals surface area contributed by atoms with Crippen LogP contribution in [0.3, 0.4) is 0 Å². The van der Waals surface area contributed by atoms with Gasteiger partial charge in [-0.1, -0.05) is 66.7 Å². The van der Waals surface area contributed by atoms with E-state index in [-0.39, 0.29) is 23.4 Å². The number of rotatable bonds is 8. The highest BCUT2D eigenvalue weighted by Crippen LogP contribution is 2.47. The molecule has 4 aliphatic rings. The quantitative estimate of drug-likeness (QED) is 0.289. The van der Waals surface area contributed by atoms with E-state index in [1.54, 1.807) is 0 Å². The van der Waals surface area contributed by atoms with Crippen LogP contribution in [0, 0.1) is 0 Å². The number of benzene rings is 2. The van der Waals surface area contributed by atoms with E-state index >= 15 is 0 Å². The Morgan fingerprint density at radius 3 is 2.21 bits per heavy atom. The van der Waals surface area contributed by atoms with E-state index in [1.807, 2.05) is 54.4 Å². The Morgan fingerprint density at radius 2 is 1.57 bits per heavy atom. The van der Waals surface area contributed by atoms with Crippen molar-refractivity contribution in [1.82, 2.24) is 14.7 Å². The van der Waals surface area contributed by atoms with Crippen LogP contribution in [0.1, 0.15) is 98.9 Å². The van der Waals surface area contributed by atoms with Gasteiger partial charge < -0.3 is 14.6 Å². The Bertz CT molecular complexity index is 1240. The van der Waals surface area contributed by atoms with Crippen molar-refractivity contribution in [3.05, 3.63) is 69.7 Å². The molecule has 2 aromatic rings. The molecule has 0 N–H and O–H groups in total. The smallest absolute Gasteiger partial charge is 0.253 e. The summed E-state index contributed by atoms with van der Waals surface area (Å²) in [5, 5.41) is 1.13. The van der Waals surface area contributed by atoms with Gasteiger partial charge in [0.1, 0.15) is 6.29 Å². The van der Waals surface area contributed by atoms with E-state index in [1.165, 1.54) is 38.4 Å². The summed E-state index contributed by atoms with van der Waals surface area (Å²) in [4.78, 5) is 33.1. The van der Waals surface area contributed by atoms with Crippen LogP contribution in [0.2, 0.25) is 10.0 Å². The molecule has 4 fully saturated rings. The first-order valence-electron chi connectivity index (χ1n) is 16.2. The van der Waals surface area contributed by atoms with Crippen molar-refractivity contribution in [1.29, 1.82) is 0 Å². The minimum Gasteiger partial charge on any atom is -0.338 e. The normalized spacial score (nSPS) is 27.1. The third-order valence-electron chi connectivity index (χ3n) is 10.9. The number of carbonyl (C=O) groups excluding carboxylic acids is 2. The Hall–Kier alpha value is -1.92. The molecular weight excluding hydrogens is 565 g/mol. The van der Waals surface area contributed by atoms with Crippen molar-refractivity contribution in [2.75, 3.05) is 20.1 Å². The lowest BCUT2D eigenvalue weighted by atomic mass is 9.76. The zero-order valence-electron chi connectivity index (χ0n) is 24.9. The number of piperidine rings is 1. The minimum absolute atomic E-state index is 0.0666. The van der Waals surface area contributed by atoms with Crippen molar-refractivity contribution < 1.29 is 9.59 Å². The maximum absolute atomic E-state index is 13.5. The van der Waals surface area contributed by atoms with Crippen molar-refractivity contribution in [3.63, 3.8) is 0 Å². The molecular formula is C35H45Cl2N3O2. The number of nitrogens with zero attached hydrogens (tertiary/aromatic N) is 3. The van der Waals surface area contributed by atoms with Gasteiger partial charge in [0, 0.05) is 42.7 Å². The van der Waals surface area contributed by atoms with Gasteiger partial charge in [-0.15, -0.1) is 0 Å². The van der Waals surface area contributed by atoms with Gasteiger partial charge in [-0.2, -0.15) is 0 Å². The molecule has 1 amide bonds. The first-order valence-corrected chi connectivity index (χ1v) is 16.9. The van der Waals surface area contributed by atoms with Crippen LogP contribution in [-0.4, -0.2) is 76.7 Å². The Balaban J connectivity index is 1.17. The summed E-state index contributed by atoms with van der Waals surface area (Å²) in [6, 6.07) is 17.2. The molecule has 0 bridgehead atoms. The highest BCUT2D eigenvalue weighted by atomic mass is 35.5. The third kappa shape index (κ3) is 6.18. The van der Waals surface area contributed by atoms with Crippen molar-refractivity contribution in [2.24, 2.45) is 0 Å². The zero-order valence-corrected chi connectivity index (χ0v) is 26.4. The number of likely N-dealkylation sites (N-methyl/N-ethyl adjacent to an activating group) is 1. The van der Waals surface area contributed by atoms with E-state index in [9.17, 15) is 9.59 Å². The highest BCUT2D eigenvalue weighted by molar-refractivity contribution is 6.42. The Labute approximate surface area is 261 Å². The lowest BCUT2D eigenvalue weighted by Gasteiger charge is -2.49. The van der Waals surface area contributed by atoms with E-state index in [0.717, 1.165) is 69.2 Å². The topological polar surface area (TPSA) is 43.9 Å². The largest absolute Gasteiger partial charge is 0.338 e. The number of amides is 1. The van der Waals surface area contributed by atoms with Crippen LogP contribution < -0.4 is 0 Å². The third-order valence-corrected chi connectivity index (χ3v) is 11.6. The van der Waals surface area contributed by atoms with Gasteiger partial charge in [0.05, 0.1) is 15.6 Å². The van der Waals surface area contributed by atoms with E-state index in [0.29, 0.717) is 28.2 Å².